The Bertz CT molecular complexity index is 438. The van der Waals surface area contributed by atoms with Crippen LogP contribution >= 0.6 is 11.3 Å². The molecule has 1 N–H and O–H groups in total. The van der Waals surface area contributed by atoms with Gasteiger partial charge in [0, 0.05) is 25.5 Å². The molecule has 92 valence electrons. The number of anilines is 1. The Morgan fingerprint density at radius 2 is 2.47 bits per heavy atom. The van der Waals surface area contributed by atoms with Crippen molar-refractivity contribution >= 4 is 17.3 Å². The van der Waals surface area contributed by atoms with E-state index in [9.17, 15) is 0 Å². The zero-order valence-corrected chi connectivity index (χ0v) is 10.9. The van der Waals surface area contributed by atoms with E-state index in [1.165, 1.54) is 5.56 Å². The topological polar surface area (TPSA) is 39.1 Å². The van der Waals surface area contributed by atoms with E-state index in [0.29, 0.717) is 6.61 Å². The minimum atomic E-state index is 0.253. The SMILES string of the molecule is COCC(C)Nc1nccn1Cc1ccsc1. The number of nitrogens with one attached hydrogen (secondary N) is 1. The van der Waals surface area contributed by atoms with Crippen LogP contribution < -0.4 is 5.32 Å². The molecule has 2 aromatic rings. The van der Waals surface area contributed by atoms with Gasteiger partial charge in [-0.1, -0.05) is 0 Å². The minimum Gasteiger partial charge on any atom is -0.383 e. The molecular weight excluding hydrogens is 234 g/mol. The smallest absolute Gasteiger partial charge is 0.203 e. The van der Waals surface area contributed by atoms with E-state index >= 15 is 0 Å². The lowest BCUT2D eigenvalue weighted by atomic mass is 10.3. The second-order valence-electron chi connectivity index (χ2n) is 4.01. The average molecular weight is 251 g/mol. The third-order valence-corrected chi connectivity index (χ3v) is 3.17. The van der Waals surface area contributed by atoms with Gasteiger partial charge in [-0.2, -0.15) is 11.3 Å². The maximum Gasteiger partial charge on any atom is 0.203 e. The number of thiophene rings is 1. The fourth-order valence-electron chi connectivity index (χ4n) is 1.67. The monoisotopic (exact) mass is 251 g/mol. The van der Waals surface area contributed by atoms with Crippen molar-refractivity contribution in [2.24, 2.45) is 0 Å². The van der Waals surface area contributed by atoms with Gasteiger partial charge in [-0.15, -0.1) is 0 Å². The normalized spacial score (nSPS) is 12.6. The van der Waals surface area contributed by atoms with Crippen LogP contribution in [0.3, 0.4) is 0 Å². The molecule has 2 heterocycles. The highest BCUT2D eigenvalue weighted by Gasteiger charge is 2.07. The predicted molar refractivity (Wildman–Crippen MR) is 70.6 cm³/mol. The molecule has 0 bridgehead atoms. The lowest BCUT2D eigenvalue weighted by molar-refractivity contribution is 0.190. The van der Waals surface area contributed by atoms with Gasteiger partial charge < -0.3 is 14.6 Å². The van der Waals surface area contributed by atoms with Crippen LogP contribution in [0.25, 0.3) is 0 Å². The summed E-state index contributed by atoms with van der Waals surface area (Å²) in [6, 6.07) is 2.39. The molecular formula is C12H17N3OS. The first kappa shape index (κ1) is 12.1. The van der Waals surface area contributed by atoms with E-state index in [2.05, 4.69) is 38.6 Å². The molecule has 17 heavy (non-hydrogen) atoms. The molecule has 0 aliphatic carbocycles. The Hall–Kier alpha value is -1.33. The summed E-state index contributed by atoms with van der Waals surface area (Å²) < 4.78 is 7.21. The number of imidazole rings is 1. The van der Waals surface area contributed by atoms with E-state index < -0.39 is 0 Å². The molecule has 1 unspecified atom stereocenters. The summed E-state index contributed by atoms with van der Waals surface area (Å²) in [5.74, 6) is 0.890. The van der Waals surface area contributed by atoms with E-state index in [1.54, 1.807) is 18.4 Å². The molecule has 0 radical (unpaired) electrons. The highest BCUT2D eigenvalue weighted by molar-refractivity contribution is 7.07. The Balaban J connectivity index is 2.01. The largest absolute Gasteiger partial charge is 0.383 e. The van der Waals surface area contributed by atoms with Crippen LogP contribution in [0.5, 0.6) is 0 Å². The maximum absolute atomic E-state index is 5.10. The molecule has 5 heteroatoms. The van der Waals surface area contributed by atoms with Crippen molar-refractivity contribution in [1.29, 1.82) is 0 Å². The number of aromatic nitrogens is 2. The summed E-state index contributed by atoms with van der Waals surface area (Å²) in [4.78, 5) is 4.32. The van der Waals surface area contributed by atoms with Crippen LogP contribution in [-0.4, -0.2) is 29.3 Å². The first-order valence-electron chi connectivity index (χ1n) is 5.57. The number of ether oxygens (including phenoxy) is 1. The van der Waals surface area contributed by atoms with Gasteiger partial charge in [-0.25, -0.2) is 4.98 Å². The Morgan fingerprint density at radius 3 is 3.18 bits per heavy atom. The van der Waals surface area contributed by atoms with Gasteiger partial charge in [-0.05, 0) is 29.3 Å². The molecule has 0 aliphatic heterocycles. The molecule has 0 aliphatic rings. The van der Waals surface area contributed by atoms with Crippen LogP contribution in [0.1, 0.15) is 12.5 Å². The molecule has 4 nitrogen and oxygen atoms in total. The molecule has 2 aromatic heterocycles. The van der Waals surface area contributed by atoms with Crippen molar-refractivity contribution in [2.75, 3.05) is 19.0 Å². The van der Waals surface area contributed by atoms with Crippen molar-refractivity contribution in [3.8, 4) is 0 Å². The molecule has 0 saturated heterocycles. The zero-order chi connectivity index (χ0) is 12.1. The quantitative estimate of drug-likeness (QED) is 0.857. The molecule has 2 rings (SSSR count). The van der Waals surface area contributed by atoms with Crippen LogP contribution in [-0.2, 0) is 11.3 Å². The van der Waals surface area contributed by atoms with Gasteiger partial charge >= 0.3 is 0 Å². The van der Waals surface area contributed by atoms with Gasteiger partial charge in [0.15, 0.2) is 0 Å². The van der Waals surface area contributed by atoms with Crippen molar-refractivity contribution in [3.05, 3.63) is 34.8 Å². The summed E-state index contributed by atoms with van der Waals surface area (Å²) >= 11 is 1.72. The first-order valence-corrected chi connectivity index (χ1v) is 6.51. The third kappa shape index (κ3) is 3.31. The second-order valence-corrected chi connectivity index (χ2v) is 4.79. The molecule has 1 atom stereocenters. The summed E-state index contributed by atoms with van der Waals surface area (Å²) in [6.07, 6.45) is 3.80. The number of hydrogen-bond acceptors (Lipinski definition) is 4. The fraction of sp³-hybridized carbons (Fsp3) is 0.417. The van der Waals surface area contributed by atoms with Gasteiger partial charge in [-0.3, -0.25) is 0 Å². The Kier molecular flexibility index (Phi) is 4.17. The highest BCUT2D eigenvalue weighted by Crippen LogP contribution is 2.12. The fourth-order valence-corrected chi connectivity index (χ4v) is 2.33. The van der Waals surface area contributed by atoms with Crippen LogP contribution in [0, 0.1) is 0 Å². The van der Waals surface area contributed by atoms with Gasteiger partial charge in [0.05, 0.1) is 13.2 Å². The highest BCUT2D eigenvalue weighted by atomic mass is 32.1. The van der Waals surface area contributed by atoms with Gasteiger partial charge in [0.25, 0.3) is 0 Å². The molecule has 0 spiro atoms. The Labute approximate surface area is 105 Å². The number of hydrogen-bond donors (Lipinski definition) is 1. The number of rotatable bonds is 6. The van der Waals surface area contributed by atoms with Crippen molar-refractivity contribution in [2.45, 2.75) is 19.5 Å². The molecule has 0 aromatic carbocycles. The van der Waals surface area contributed by atoms with Crippen LogP contribution in [0.15, 0.2) is 29.2 Å². The lowest BCUT2D eigenvalue weighted by Crippen LogP contribution is -2.23. The van der Waals surface area contributed by atoms with Crippen molar-refractivity contribution in [3.63, 3.8) is 0 Å². The van der Waals surface area contributed by atoms with E-state index in [-0.39, 0.29) is 6.04 Å². The van der Waals surface area contributed by atoms with Crippen LogP contribution in [0.4, 0.5) is 5.95 Å². The van der Waals surface area contributed by atoms with Gasteiger partial charge in [0.2, 0.25) is 5.95 Å². The average Bonchev–Trinajstić information content (AvgIpc) is 2.92. The van der Waals surface area contributed by atoms with Crippen LogP contribution in [0.2, 0.25) is 0 Å². The summed E-state index contributed by atoms with van der Waals surface area (Å²) in [5.41, 5.74) is 1.30. The number of methoxy groups -OCH3 is 1. The van der Waals surface area contributed by atoms with E-state index in [4.69, 9.17) is 4.74 Å². The maximum atomic E-state index is 5.10. The lowest BCUT2D eigenvalue weighted by Gasteiger charge is -2.14. The van der Waals surface area contributed by atoms with E-state index in [1.807, 2.05) is 12.4 Å². The molecule has 0 fully saturated rings. The third-order valence-electron chi connectivity index (χ3n) is 2.44. The van der Waals surface area contributed by atoms with Crippen molar-refractivity contribution in [1.82, 2.24) is 9.55 Å². The summed E-state index contributed by atoms with van der Waals surface area (Å²) in [5, 5.41) is 7.58. The Morgan fingerprint density at radius 1 is 1.59 bits per heavy atom. The summed E-state index contributed by atoms with van der Waals surface area (Å²) in [6.45, 7) is 3.60. The molecule has 0 amide bonds. The van der Waals surface area contributed by atoms with E-state index in [0.717, 1.165) is 12.5 Å². The van der Waals surface area contributed by atoms with Gasteiger partial charge in [0.1, 0.15) is 0 Å². The first-order chi connectivity index (χ1) is 8.29. The molecule has 0 saturated carbocycles. The minimum absolute atomic E-state index is 0.253. The number of nitrogens with zero attached hydrogens (tertiary/aromatic N) is 2. The standard InChI is InChI=1S/C12H17N3OS/c1-10(8-16-2)14-12-13-4-5-15(12)7-11-3-6-17-9-11/h3-6,9-10H,7-8H2,1-2H3,(H,13,14). The zero-order valence-electron chi connectivity index (χ0n) is 10.1. The predicted octanol–water partition coefficient (Wildman–Crippen LogP) is 2.44. The summed E-state index contributed by atoms with van der Waals surface area (Å²) in [7, 11) is 1.70. The second kappa shape index (κ2) is 5.84. The van der Waals surface area contributed by atoms with Crippen molar-refractivity contribution < 1.29 is 4.74 Å².